The fourth-order valence-corrected chi connectivity index (χ4v) is 3.19. The number of ether oxygens (including phenoxy) is 1. The third-order valence-corrected chi connectivity index (χ3v) is 4.61. The van der Waals surface area contributed by atoms with Gasteiger partial charge in [0, 0.05) is 18.5 Å². The summed E-state index contributed by atoms with van der Waals surface area (Å²) in [5.41, 5.74) is 0.692. The molecule has 2 atom stereocenters. The third kappa shape index (κ3) is 2.25. The number of carboxylic acid groups (broad SMARTS) is 1. The van der Waals surface area contributed by atoms with Gasteiger partial charge in [-0.1, -0.05) is 31.2 Å². The molecule has 1 aliphatic rings. The molecule has 21 heavy (non-hydrogen) atoms. The van der Waals surface area contributed by atoms with Gasteiger partial charge in [0.05, 0.1) is 13.0 Å². The molecule has 3 rings (SSSR count). The molecule has 110 valence electrons. The number of benzene rings is 2. The average molecular weight is 285 g/mol. The molecule has 4 heteroatoms. The van der Waals surface area contributed by atoms with Crippen molar-refractivity contribution in [1.29, 1.82) is 0 Å². The number of rotatable bonds is 3. The predicted molar refractivity (Wildman–Crippen MR) is 81.8 cm³/mol. The van der Waals surface area contributed by atoms with Crippen molar-refractivity contribution in [2.24, 2.45) is 5.92 Å². The van der Waals surface area contributed by atoms with Gasteiger partial charge in [-0.2, -0.15) is 0 Å². The van der Waals surface area contributed by atoms with Crippen LogP contribution in [0.3, 0.4) is 0 Å². The van der Waals surface area contributed by atoms with Crippen LogP contribution in [0, 0.1) is 5.92 Å². The Morgan fingerprint density at radius 3 is 2.71 bits per heavy atom. The third-order valence-electron chi connectivity index (χ3n) is 4.61. The smallest absolute Gasteiger partial charge is 0.308 e. The predicted octanol–water partition coefficient (Wildman–Crippen LogP) is 2.41. The van der Waals surface area contributed by atoms with Crippen molar-refractivity contribution in [2.45, 2.75) is 12.3 Å². The SMILES string of the molecule is COc1ccc2cc(C3(C)CNCC3C(=O)O)ccc2c1. The second-order valence-corrected chi connectivity index (χ2v) is 5.87. The second kappa shape index (κ2) is 5.04. The molecular weight excluding hydrogens is 266 g/mol. The number of hydrogen-bond acceptors (Lipinski definition) is 3. The van der Waals surface area contributed by atoms with Gasteiger partial charge in [0.2, 0.25) is 0 Å². The van der Waals surface area contributed by atoms with Crippen LogP contribution in [0.5, 0.6) is 5.75 Å². The first-order chi connectivity index (χ1) is 10.0. The molecule has 1 saturated heterocycles. The molecule has 0 amide bonds. The maximum Gasteiger partial charge on any atom is 0.308 e. The molecule has 1 heterocycles. The topological polar surface area (TPSA) is 58.6 Å². The maximum absolute atomic E-state index is 11.5. The molecule has 0 saturated carbocycles. The van der Waals surface area contributed by atoms with Gasteiger partial charge in [0.25, 0.3) is 0 Å². The normalized spacial score (nSPS) is 25.1. The molecule has 1 fully saturated rings. The van der Waals surface area contributed by atoms with Gasteiger partial charge < -0.3 is 15.2 Å². The van der Waals surface area contributed by atoms with Gasteiger partial charge in [-0.05, 0) is 28.5 Å². The van der Waals surface area contributed by atoms with Crippen molar-refractivity contribution in [1.82, 2.24) is 5.32 Å². The summed E-state index contributed by atoms with van der Waals surface area (Å²) in [4.78, 5) is 11.5. The Labute approximate surface area is 123 Å². The minimum atomic E-state index is -0.739. The van der Waals surface area contributed by atoms with E-state index in [0.717, 1.165) is 22.1 Å². The van der Waals surface area contributed by atoms with Crippen LogP contribution in [-0.2, 0) is 10.2 Å². The summed E-state index contributed by atoms with van der Waals surface area (Å²) in [6, 6.07) is 12.1. The van der Waals surface area contributed by atoms with E-state index in [9.17, 15) is 9.90 Å². The lowest BCUT2D eigenvalue weighted by atomic mass is 9.74. The van der Waals surface area contributed by atoms with E-state index < -0.39 is 11.9 Å². The lowest BCUT2D eigenvalue weighted by Crippen LogP contribution is -2.36. The van der Waals surface area contributed by atoms with Crippen molar-refractivity contribution in [3.63, 3.8) is 0 Å². The summed E-state index contributed by atoms with van der Waals surface area (Å²) >= 11 is 0. The van der Waals surface area contributed by atoms with Gasteiger partial charge in [-0.3, -0.25) is 4.79 Å². The number of hydrogen-bond donors (Lipinski definition) is 2. The van der Waals surface area contributed by atoms with E-state index in [-0.39, 0.29) is 5.41 Å². The lowest BCUT2D eigenvalue weighted by molar-refractivity contribution is -0.142. The Bertz CT molecular complexity index is 697. The van der Waals surface area contributed by atoms with E-state index in [4.69, 9.17) is 4.74 Å². The van der Waals surface area contributed by atoms with Crippen LogP contribution in [0.25, 0.3) is 10.8 Å². The average Bonchev–Trinajstić information content (AvgIpc) is 2.89. The second-order valence-electron chi connectivity index (χ2n) is 5.87. The van der Waals surface area contributed by atoms with Crippen LogP contribution in [0.15, 0.2) is 36.4 Å². The monoisotopic (exact) mass is 285 g/mol. The Kier molecular flexibility index (Phi) is 3.33. The van der Waals surface area contributed by atoms with Crippen LogP contribution >= 0.6 is 0 Å². The highest BCUT2D eigenvalue weighted by Crippen LogP contribution is 2.37. The largest absolute Gasteiger partial charge is 0.497 e. The molecule has 0 aromatic heterocycles. The minimum Gasteiger partial charge on any atom is -0.497 e. The van der Waals surface area contributed by atoms with Crippen LogP contribution in [0.4, 0.5) is 0 Å². The van der Waals surface area contributed by atoms with E-state index >= 15 is 0 Å². The standard InChI is InChI=1S/C17H19NO3/c1-17(10-18-9-15(17)16(19)20)13-5-3-12-8-14(21-2)6-4-11(12)7-13/h3-8,15,18H,9-10H2,1-2H3,(H,19,20). The summed E-state index contributed by atoms with van der Waals surface area (Å²) in [6.45, 7) is 3.23. The zero-order valence-corrected chi connectivity index (χ0v) is 12.2. The number of nitrogens with one attached hydrogen (secondary N) is 1. The first-order valence-electron chi connectivity index (χ1n) is 7.06. The van der Waals surface area contributed by atoms with Gasteiger partial charge >= 0.3 is 5.97 Å². The van der Waals surface area contributed by atoms with Crippen molar-refractivity contribution in [3.8, 4) is 5.75 Å². The molecule has 0 radical (unpaired) electrons. The Morgan fingerprint density at radius 1 is 1.29 bits per heavy atom. The van der Waals surface area contributed by atoms with Crippen LogP contribution in [-0.4, -0.2) is 31.3 Å². The molecule has 1 aliphatic heterocycles. The van der Waals surface area contributed by atoms with Gasteiger partial charge in [0.15, 0.2) is 0 Å². The molecule has 2 aromatic rings. The van der Waals surface area contributed by atoms with E-state index in [1.807, 2.05) is 37.3 Å². The molecule has 2 unspecified atom stereocenters. The molecule has 0 spiro atoms. The summed E-state index contributed by atoms with van der Waals surface area (Å²) in [6.07, 6.45) is 0. The molecule has 0 aliphatic carbocycles. The van der Waals surface area contributed by atoms with Crippen LogP contribution in [0.1, 0.15) is 12.5 Å². The summed E-state index contributed by atoms with van der Waals surface area (Å²) in [7, 11) is 1.65. The Morgan fingerprint density at radius 2 is 2.00 bits per heavy atom. The zero-order chi connectivity index (χ0) is 15.0. The fraction of sp³-hybridized carbons (Fsp3) is 0.353. The van der Waals surface area contributed by atoms with E-state index in [0.29, 0.717) is 13.1 Å². The molecule has 2 aromatic carbocycles. The van der Waals surface area contributed by atoms with Crippen molar-refractivity contribution in [3.05, 3.63) is 42.0 Å². The van der Waals surface area contributed by atoms with Crippen LogP contribution < -0.4 is 10.1 Å². The van der Waals surface area contributed by atoms with E-state index in [1.165, 1.54) is 0 Å². The number of methoxy groups -OCH3 is 1. The number of carbonyl (C=O) groups is 1. The van der Waals surface area contributed by atoms with Gasteiger partial charge in [-0.25, -0.2) is 0 Å². The van der Waals surface area contributed by atoms with E-state index in [1.54, 1.807) is 7.11 Å². The van der Waals surface area contributed by atoms with Gasteiger partial charge in [-0.15, -0.1) is 0 Å². The molecule has 4 nitrogen and oxygen atoms in total. The zero-order valence-electron chi connectivity index (χ0n) is 12.2. The molecule has 2 N–H and O–H groups in total. The maximum atomic E-state index is 11.5. The Hall–Kier alpha value is -2.07. The quantitative estimate of drug-likeness (QED) is 0.909. The lowest BCUT2D eigenvalue weighted by Gasteiger charge is -2.28. The van der Waals surface area contributed by atoms with E-state index in [2.05, 4.69) is 11.4 Å². The highest BCUT2D eigenvalue weighted by atomic mass is 16.5. The summed E-state index contributed by atoms with van der Waals surface area (Å²) < 4.78 is 5.23. The Balaban J connectivity index is 2.06. The minimum absolute atomic E-state index is 0.375. The molecular formula is C17H19NO3. The van der Waals surface area contributed by atoms with Crippen molar-refractivity contribution in [2.75, 3.05) is 20.2 Å². The van der Waals surface area contributed by atoms with Crippen molar-refractivity contribution >= 4 is 16.7 Å². The highest BCUT2D eigenvalue weighted by molar-refractivity contribution is 5.85. The van der Waals surface area contributed by atoms with Gasteiger partial charge in [0.1, 0.15) is 5.75 Å². The summed E-state index contributed by atoms with van der Waals surface area (Å²) in [5.74, 6) is -0.307. The first-order valence-corrected chi connectivity index (χ1v) is 7.06. The van der Waals surface area contributed by atoms with Crippen LogP contribution in [0.2, 0.25) is 0 Å². The summed E-state index contributed by atoms with van der Waals surface area (Å²) in [5, 5.41) is 14.8. The molecule has 0 bridgehead atoms. The first kappa shape index (κ1) is 13.9. The number of carboxylic acids is 1. The number of aliphatic carboxylic acids is 1. The van der Waals surface area contributed by atoms with Crippen molar-refractivity contribution < 1.29 is 14.6 Å². The number of fused-ring (bicyclic) bond motifs is 1. The fourth-order valence-electron chi connectivity index (χ4n) is 3.19. The highest BCUT2D eigenvalue weighted by Gasteiger charge is 2.44.